The molecule has 0 aliphatic rings. The summed E-state index contributed by atoms with van der Waals surface area (Å²) in [5.41, 5.74) is 0.610. The van der Waals surface area contributed by atoms with Crippen LogP contribution in [0.2, 0.25) is 0 Å². The summed E-state index contributed by atoms with van der Waals surface area (Å²) in [6.45, 7) is 0.982. The molecule has 1 amide bonds. The maximum Gasteiger partial charge on any atom is 0.261 e. The van der Waals surface area contributed by atoms with E-state index in [0.29, 0.717) is 43.3 Å². The summed E-state index contributed by atoms with van der Waals surface area (Å²) in [7, 11) is 1.87. The highest BCUT2D eigenvalue weighted by Crippen LogP contribution is 2.05. The van der Waals surface area contributed by atoms with Crippen LogP contribution in [0.25, 0.3) is 10.9 Å². The SMILES string of the molecule is Cn1cnnc1CCNC(=O)CCCn1cnc2ccccc2c1=O. The number of rotatable bonds is 7. The predicted octanol–water partition coefficient (Wildman–Crippen LogP) is 0.664. The molecule has 0 bridgehead atoms. The van der Waals surface area contributed by atoms with Gasteiger partial charge in [-0.1, -0.05) is 12.1 Å². The fourth-order valence-corrected chi connectivity index (χ4v) is 2.61. The van der Waals surface area contributed by atoms with Crippen molar-refractivity contribution in [3.8, 4) is 0 Å². The molecule has 1 aromatic carbocycles. The van der Waals surface area contributed by atoms with Gasteiger partial charge in [-0.15, -0.1) is 10.2 Å². The number of benzene rings is 1. The largest absolute Gasteiger partial charge is 0.356 e. The highest BCUT2D eigenvalue weighted by atomic mass is 16.1. The number of carbonyl (C=O) groups excluding carboxylic acids is 1. The van der Waals surface area contributed by atoms with Crippen LogP contribution < -0.4 is 10.9 Å². The number of fused-ring (bicyclic) bond motifs is 1. The van der Waals surface area contributed by atoms with E-state index in [4.69, 9.17) is 0 Å². The van der Waals surface area contributed by atoms with Gasteiger partial charge in [0.25, 0.3) is 5.56 Å². The van der Waals surface area contributed by atoms with Crippen molar-refractivity contribution < 1.29 is 4.79 Å². The highest BCUT2D eigenvalue weighted by Gasteiger charge is 2.06. The molecule has 130 valence electrons. The van der Waals surface area contributed by atoms with E-state index in [1.807, 2.05) is 29.8 Å². The number of amides is 1. The Bertz CT molecular complexity index is 930. The van der Waals surface area contributed by atoms with E-state index < -0.39 is 0 Å². The van der Waals surface area contributed by atoms with Gasteiger partial charge in [0.15, 0.2) is 0 Å². The van der Waals surface area contributed by atoms with Crippen LogP contribution in [-0.2, 0) is 24.8 Å². The van der Waals surface area contributed by atoms with Gasteiger partial charge in [0.1, 0.15) is 12.2 Å². The van der Waals surface area contributed by atoms with Crippen LogP contribution in [0.4, 0.5) is 0 Å². The molecule has 2 aromatic heterocycles. The monoisotopic (exact) mass is 340 g/mol. The van der Waals surface area contributed by atoms with Gasteiger partial charge in [0.05, 0.1) is 17.2 Å². The molecule has 1 N–H and O–H groups in total. The van der Waals surface area contributed by atoms with Crippen LogP contribution in [-0.4, -0.2) is 36.8 Å². The molecule has 0 atom stereocenters. The molecule has 25 heavy (non-hydrogen) atoms. The third-order valence-corrected chi connectivity index (χ3v) is 4.01. The molecule has 2 heterocycles. The Balaban J connectivity index is 1.46. The van der Waals surface area contributed by atoms with Crippen LogP contribution in [0.3, 0.4) is 0 Å². The molecule has 0 unspecified atom stereocenters. The van der Waals surface area contributed by atoms with Crippen molar-refractivity contribution in [3.05, 3.63) is 53.1 Å². The van der Waals surface area contributed by atoms with Crippen LogP contribution in [0.5, 0.6) is 0 Å². The molecule has 0 fully saturated rings. The van der Waals surface area contributed by atoms with E-state index in [9.17, 15) is 9.59 Å². The first-order valence-electron chi connectivity index (χ1n) is 8.19. The zero-order valence-corrected chi connectivity index (χ0v) is 14.1. The highest BCUT2D eigenvalue weighted by molar-refractivity contribution is 5.77. The van der Waals surface area contributed by atoms with Crippen LogP contribution in [0.15, 0.2) is 41.7 Å². The molecule has 3 rings (SSSR count). The summed E-state index contributed by atoms with van der Waals surface area (Å²) in [5, 5.41) is 11.2. The Hall–Kier alpha value is -3.03. The second-order valence-corrected chi connectivity index (χ2v) is 5.82. The van der Waals surface area contributed by atoms with Crippen LogP contribution >= 0.6 is 0 Å². The van der Waals surface area contributed by atoms with Gasteiger partial charge in [-0.3, -0.25) is 14.2 Å². The first-order valence-corrected chi connectivity index (χ1v) is 8.19. The van der Waals surface area contributed by atoms with Crippen molar-refractivity contribution in [1.82, 2.24) is 29.6 Å². The lowest BCUT2D eigenvalue weighted by Gasteiger charge is -2.07. The number of para-hydroxylation sites is 1. The predicted molar refractivity (Wildman–Crippen MR) is 93.0 cm³/mol. The Labute approximate surface area is 144 Å². The number of hydrogen-bond acceptors (Lipinski definition) is 5. The van der Waals surface area contributed by atoms with Gasteiger partial charge in [-0.25, -0.2) is 4.98 Å². The Kier molecular flexibility index (Phi) is 5.17. The molecule has 0 aliphatic carbocycles. The minimum atomic E-state index is -0.0757. The lowest BCUT2D eigenvalue weighted by molar-refractivity contribution is -0.121. The molecule has 8 heteroatoms. The summed E-state index contributed by atoms with van der Waals surface area (Å²) in [5.74, 6) is 0.790. The number of nitrogens with zero attached hydrogens (tertiary/aromatic N) is 5. The summed E-state index contributed by atoms with van der Waals surface area (Å²) < 4.78 is 3.38. The molecule has 3 aromatic rings. The molecule has 0 saturated carbocycles. The fraction of sp³-hybridized carbons (Fsp3) is 0.353. The maximum atomic E-state index is 12.3. The number of carbonyl (C=O) groups is 1. The summed E-state index contributed by atoms with van der Waals surface area (Å²) in [6.07, 6.45) is 4.74. The molecular weight excluding hydrogens is 320 g/mol. The smallest absolute Gasteiger partial charge is 0.261 e. The van der Waals surface area contributed by atoms with Crippen molar-refractivity contribution >= 4 is 16.8 Å². The number of hydrogen-bond donors (Lipinski definition) is 1. The molecule has 0 radical (unpaired) electrons. The van der Waals surface area contributed by atoms with Crippen molar-refractivity contribution in [1.29, 1.82) is 0 Å². The van der Waals surface area contributed by atoms with Gasteiger partial charge in [0.2, 0.25) is 5.91 Å². The average Bonchev–Trinajstić information content (AvgIpc) is 3.02. The van der Waals surface area contributed by atoms with Crippen molar-refractivity contribution in [2.45, 2.75) is 25.8 Å². The molecule has 0 saturated heterocycles. The van der Waals surface area contributed by atoms with Gasteiger partial charge < -0.3 is 9.88 Å². The van der Waals surface area contributed by atoms with Crippen molar-refractivity contribution in [2.75, 3.05) is 6.54 Å². The minimum Gasteiger partial charge on any atom is -0.356 e. The normalized spacial score (nSPS) is 10.9. The van der Waals surface area contributed by atoms with Gasteiger partial charge >= 0.3 is 0 Å². The zero-order chi connectivity index (χ0) is 17.6. The number of nitrogens with one attached hydrogen (secondary N) is 1. The van der Waals surface area contributed by atoms with Gasteiger partial charge in [-0.05, 0) is 18.6 Å². The standard InChI is InChI=1S/C17H20N6O2/c1-22-12-20-21-15(22)8-9-18-16(24)7-4-10-23-11-19-14-6-3-2-5-13(14)17(23)25/h2-3,5-6,11-12H,4,7-10H2,1H3,(H,18,24). The lowest BCUT2D eigenvalue weighted by Crippen LogP contribution is -2.27. The van der Waals surface area contributed by atoms with Crippen molar-refractivity contribution in [3.63, 3.8) is 0 Å². The number of aryl methyl sites for hydroxylation is 2. The van der Waals surface area contributed by atoms with Crippen molar-refractivity contribution in [2.24, 2.45) is 7.05 Å². The minimum absolute atomic E-state index is 0.0380. The van der Waals surface area contributed by atoms with Gasteiger partial charge in [-0.2, -0.15) is 0 Å². The quantitative estimate of drug-likeness (QED) is 0.682. The Morgan fingerprint density at radius 3 is 2.88 bits per heavy atom. The van der Waals surface area contributed by atoms with E-state index in [2.05, 4.69) is 20.5 Å². The van der Waals surface area contributed by atoms with Gasteiger partial charge in [0, 0.05) is 33.0 Å². The molecule has 0 spiro atoms. The zero-order valence-electron chi connectivity index (χ0n) is 14.1. The molecular formula is C17H20N6O2. The van der Waals surface area contributed by atoms with E-state index in [-0.39, 0.29) is 11.5 Å². The lowest BCUT2D eigenvalue weighted by atomic mass is 10.2. The van der Waals surface area contributed by atoms with E-state index >= 15 is 0 Å². The van der Waals surface area contributed by atoms with Crippen LogP contribution in [0, 0.1) is 0 Å². The third kappa shape index (κ3) is 4.09. The fourth-order valence-electron chi connectivity index (χ4n) is 2.61. The first-order chi connectivity index (χ1) is 12.1. The summed E-state index contributed by atoms with van der Waals surface area (Å²) in [6, 6.07) is 7.25. The van der Waals surface area contributed by atoms with Crippen LogP contribution in [0.1, 0.15) is 18.7 Å². The summed E-state index contributed by atoms with van der Waals surface area (Å²) in [4.78, 5) is 28.5. The molecule has 8 nitrogen and oxygen atoms in total. The topological polar surface area (TPSA) is 94.7 Å². The maximum absolute atomic E-state index is 12.3. The summed E-state index contributed by atoms with van der Waals surface area (Å²) >= 11 is 0. The second kappa shape index (κ2) is 7.69. The van der Waals surface area contributed by atoms with E-state index in [1.165, 1.54) is 6.33 Å². The first kappa shape index (κ1) is 16.8. The average molecular weight is 340 g/mol. The van der Waals surface area contributed by atoms with E-state index in [0.717, 1.165) is 5.82 Å². The Morgan fingerprint density at radius 1 is 1.24 bits per heavy atom. The second-order valence-electron chi connectivity index (χ2n) is 5.82. The molecule has 0 aliphatic heterocycles. The Morgan fingerprint density at radius 2 is 2.08 bits per heavy atom. The van der Waals surface area contributed by atoms with E-state index in [1.54, 1.807) is 17.0 Å². The third-order valence-electron chi connectivity index (χ3n) is 4.01. The number of aromatic nitrogens is 5.